The number of amidine groups is 1. The molecule has 0 aliphatic carbocycles. The summed E-state index contributed by atoms with van der Waals surface area (Å²) in [4.78, 5) is 5.24. The fourth-order valence-electron chi connectivity index (χ4n) is 1.06. The zero-order valence-electron chi connectivity index (χ0n) is 7.47. The molecule has 2 rings (SSSR count). The van der Waals surface area contributed by atoms with Crippen LogP contribution in [0.25, 0.3) is 0 Å². The first-order valence-corrected chi connectivity index (χ1v) is 5.09. The molecule has 2 nitrogen and oxygen atoms in total. The average molecular weight is 201 g/mol. The van der Waals surface area contributed by atoms with Gasteiger partial charge >= 0.3 is 0 Å². The summed E-state index contributed by atoms with van der Waals surface area (Å²) in [7, 11) is 0. The number of nitrogens with zero attached hydrogens (tertiary/aromatic N) is 1. The van der Waals surface area contributed by atoms with Crippen LogP contribution in [0.5, 0.6) is 0 Å². The monoisotopic (exact) mass is 201 g/mol. The lowest BCUT2D eigenvalue weighted by molar-refractivity contribution is 1.47. The molecular formula is C11H9N2S. The molecule has 0 atom stereocenters. The van der Waals surface area contributed by atoms with Crippen molar-refractivity contribution < 1.29 is 0 Å². The third-order valence-corrected chi connectivity index (χ3v) is 2.60. The summed E-state index contributed by atoms with van der Waals surface area (Å²) in [5, 5.41) is 1.98. The molecule has 3 heteroatoms. The molecule has 1 heterocycles. The highest BCUT2D eigenvalue weighted by Gasteiger charge is 1.98. The van der Waals surface area contributed by atoms with Gasteiger partial charge in [-0.15, -0.1) is 11.3 Å². The van der Waals surface area contributed by atoms with Gasteiger partial charge in [-0.05, 0) is 17.5 Å². The molecule has 0 saturated carbocycles. The Morgan fingerprint density at radius 2 is 2.21 bits per heavy atom. The Labute approximate surface area is 86.7 Å². The molecule has 2 aromatic rings. The molecule has 0 amide bonds. The predicted molar refractivity (Wildman–Crippen MR) is 60.0 cm³/mol. The second-order valence-corrected chi connectivity index (χ2v) is 3.67. The maximum Gasteiger partial charge on any atom is 0.141 e. The number of rotatable bonds is 2. The van der Waals surface area contributed by atoms with Crippen molar-refractivity contribution in [1.29, 1.82) is 0 Å². The van der Waals surface area contributed by atoms with Gasteiger partial charge in [-0.1, -0.05) is 24.3 Å². The molecule has 1 aromatic heterocycles. The zero-order chi connectivity index (χ0) is 9.80. The van der Waals surface area contributed by atoms with Gasteiger partial charge < -0.3 is 5.73 Å². The van der Waals surface area contributed by atoms with E-state index in [1.54, 1.807) is 11.3 Å². The van der Waals surface area contributed by atoms with Crippen molar-refractivity contribution in [3.8, 4) is 0 Å². The van der Waals surface area contributed by atoms with Crippen molar-refractivity contribution in [2.24, 2.45) is 10.7 Å². The summed E-state index contributed by atoms with van der Waals surface area (Å²) in [6.07, 6.45) is 0. The van der Waals surface area contributed by atoms with Crippen LogP contribution in [0, 0.1) is 6.07 Å². The van der Waals surface area contributed by atoms with Crippen molar-refractivity contribution in [2.45, 2.75) is 0 Å². The minimum atomic E-state index is 0.544. The van der Waals surface area contributed by atoms with Gasteiger partial charge in [-0.3, -0.25) is 0 Å². The zero-order valence-corrected chi connectivity index (χ0v) is 8.29. The first kappa shape index (κ1) is 8.97. The Balaban J connectivity index is 2.28. The van der Waals surface area contributed by atoms with Gasteiger partial charge in [0.25, 0.3) is 0 Å². The van der Waals surface area contributed by atoms with Gasteiger partial charge in [0.2, 0.25) is 0 Å². The number of benzene rings is 1. The van der Waals surface area contributed by atoms with Gasteiger partial charge in [0, 0.05) is 6.07 Å². The van der Waals surface area contributed by atoms with E-state index in [4.69, 9.17) is 5.73 Å². The van der Waals surface area contributed by atoms with Gasteiger partial charge in [0.05, 0.1) is 10.6 Å². The van der Waals surface area contributed by atoms with Crippen LogP contribution in [0.2, 0.25) is 0 Å². The average Bonchev–Trinajstić information content (AvgIpc) is 2.72. The summed E-state index contributed by atoms with van der Waals surface area (Å²) in [5.74, 6) is 0.544. The topological polar surface area (TPSA) is 38.4 Å². The molecule has 1 aromatic carbocycles. The smallest absolute Gasteiger partial charge is 0.141 e. The van der Waals surface area contributed by atoms with E-state index >= 15 is 0 Å². The standard InChI is InChI=1S/C11H9N2S/c12-11(10-7-4-8-14-10)13-9-5-2-1-3-6-9/h1-5,7-8H,(H2,12,13). The highest BCUT2D eigenvalue weighted by Crippen LogP contribution is 2.13. The van der Waals surface area contributed by atoms with Crippen LogP contribution in [0.4, 0.5) is 5.69 Å². The molecule has 0 aliphatic heterocycles. The minimum Gasteiger partial charge on any atom is -0.383 e. The van der Waals surface area contributed by atoms with Gasteiger partial charge in [-0.25, -0.2) is 4.99 Å². The second kappa shape index (κ2) is 4.07. The van der Waals surface area contributed by atoms with Crippen LogP contribution in [0.1, 0.15) is 4.88 Å². The van der Waals surface area contributed by atoms with E-state index in [1.807, 2.05) is 41.8 Å². The number of para-hydroxylation sites is 1. The van der Waals surface area contributed by atoms with Crippen LogP contribution in [-0.4, -0.2) is 5.84 Å². The Hall–Kier alpha value is -1.61. The highest BCUT2D eigenvalue weighted by molar-refractivity contribution is 7.12. The van der Waals surface area contributed by atoms with Crippen LogP contribution < -0.4 is 5.73 Å². The van der Waals surface area contributed by atoms with Gasteiger partial charge in [0.15, 0.2) is 0 Å². The predicted octanol–water partition coefficient (Wildman–Crippen LogP) is 2.59. The van der Waals surface area contributed by atoms with E-state index in [1.165, 1.54) is 0 Å². The Bertz CT molecular complexity index is 418. The second-order valence-electron chi connectivity index (χ2n) is 2.72. The van der Waals surface area contributed by atoms with E-state index in [9.17, 15) is 0 Å². The van der Waals surface area contributed by atoms with E-state index in [0.717, 1.165) is 10.6 Å². The fourth-order valence-corrected chi connectivity index (χ4v) is 1.69. The van der Waals surface area contributed by atoms with Crippen molar-refractivity contribution in [3.05, 3.63) is 52.7 Å². The molecule has 0 fully saturated rings. The molecule has 0 spiro atoms. The van der Waals surface area contributed by atoms with E-state index in [-0.39, 0.29) is 0 Å². The number of aliphatic imine (C=N–C) groups is 1. The molecule has 0 aliphatic rings. The molecule has 0 unspecified atom stereocenters. The lowest BCUT2D eigenvalue weighted by atomic mass is 10.3. The Kier molecular flexibility index (Phi) is 2.60. The Morgan fingerprint density at radius 1 is 1.29 bits per heavy atom. The summed E-state index contributed by atoms with van der Waals surface area (Å²) in [5.41, 5.74) is 6.57. The normalized spacial score (nSPS) is 11.6. The number of nitrogens with two attached hydrogens (primary N) is 1. The quantitative estimate of drug-likeness (QED) is 0.588. The summed E-state index contributed by atoms with van der Waals surface area (Å²) >= 11 is 1.58. The highest BCUT2D eigenvalue weighted by atomic mass is 32.1. The minimum absolute atomic E-state index is 0.544. The molecular weight excluding hydrogens is 192 g/mol. The number of hydrogen-bond acceptors (Lipinski definition) is 2. The molecule has 0 saturated heterocycles. The molecule has 0 bridgehead atoms. The summed E-state index contributed by atoms with van der Waals surface area (Å²) in [6, 6.07) is 14.4. The van der Waals surface area contributed by atoms with Crippen molar-refractivity contribution >= 4 is 22.9 Å². The van der Waals surface area contributed by atoms with Crippen LogP contribution in [-0.2, 0) is 0 Å². The number of hydrogen-bond donors (Lipinski definition) is 1. The SMILES string of the molecule is N/C(=N\c1[c]cccc1)c1cccs1. The van der Waals surface area contributed by atoms with E-state index in [2.05, 4.69) is 11.1 Å². The maximum absolute atomic E-state index is 5.81. The maximum atomic E-state index is 5.81. The lowest BCUT2D eigenvalue weighted by Crippen LogP contribution is -2.10. The van der Waals surface area contributed by atoms with Crippen molar-refractivity contribution in [1.82, 2.24) is 0 Å². The van der Waals surface area contributed by atoms with Crippen LogP contribution in [0.15, 0.2) is 46.8 Å². The van der Waals surface area contributed by atoms with Gasteiger partial charge in [-0.2, -0.15) is 0 Å². The van der Waals surface area contributed by atoms with Gasteiger partial charge in [0.1, 0.15) is 5.84 Å². The largest absolute Gasteiger partial charge is 0.383 e. The fraction of sp³-hybridized carbons (Fsp3) is 0. The van der Waals surface area contributed by atoms with Crippen molar-refractivity contribution in [2.75, 3.05) is 0 Å². The summed E-state index contributed by atoms with van der Waals surface area (Å²) < 4.78 is 0. The van der Waals surface area contributed by atoms with E-state index < -0.39 is 0 Å². The van der Waals surface area contributed by atoms with Crippen LogP contribution in [0.3, 0.4) is 0 Å². The molecule has 2 N–H and O–H groups in total. The third kappa shape index (κ3) is 2.00. The first-order valence-electron chi connectivity index (χ1n) is 4.21. The molecule has 14 heavy (non-hydrogen) atoms. The summed E-state index contributed by atoms with van der Waals surface area (Å²) in [6.45, 7) is 0. The molecule has 69 valence electrons. The van der Waals surface area contributed by atoms with Crippen LogP contribution >= 0.6 is 11.3 Å². The molecule has 1 radical (unpaired) electrons. The Morgan fingerprint density at radius 3 is 2.86 bits per heavy atom. The van der Waals surface area contributed by atoms with Crippen molar-refractivity contribution in [3.63, 3.8) is 0 Å². The third-order valence-electron chi connectivity index (χ3n) is 1.71. The lowest BCUT2D eigenvalue weighted by Gasteiger charge is -1.96. The van der Waals surface area contributed by atoms with E-state index in [0.29, 0.717) is 5.84 Å². The number of thiophene rings is 1. The first-order chi connectivity index (χ1) is 6.86.